The zero-order chi connectivity index (χ0) is 18.1. The number of amides is 2. The molecule has 2 N–H and O–H groups in total. The molecule has 5 heteroatoms. The van der Waals surface area contributed by atoms with Gasteiger partial charge < -0.3 is 10.3 Å². The molecule has 0 unspecified atom stereocenters. The molecule has 0 aliphatic carbocycles. The Morgan fingerprint density at radius 1 is 1.08 bits per heavy atom. The number of nitrogens with zero attached hydrogens (tertiary/aromatic N) is 1. The number of para-hydroxylation sites is 1. The highest BCUT2D eigenvalue weighted by molar-refractivity contribution is 6.10. The van der Waals surface area contributed by atoms with Crippen LogP contribution in [0.3, 0.4) is 0 Å². The molecule has 0 spiro atoms. The van der Waals surface area contributed by atoms with Crippen LogP contribution in [0.25, 0.3) is 16.6 Å². The predicted octanol–water partition coefficient (Wildman–Crippen LogP) is 2.95. The molecule has 0 atom stereocenters. The summed E-state index contributed by atoms with van der Waals surface area (Å²) >= 11 is 0. The maximum Gasteiger partial charge on any atom is 0.259 e. The largest absolute Gasteiger partial charge is 0.361 e. The molecule has 1 aliphatic heterocycles. The van der Waals surface area contributed by atoms with Gasteiger partial charge in [0.25, 0.3) is 5.91 Å². The molecule has 1 aliphatic rings. The summed E-state index contributed by atoms with van der Waals surface area (Å²) in [6.45, 7) is 4.46. The molecule has 5 nitrogen and oxygen atoms in total. The van der Waals surface area contributed by atoms with E-state index in [1.54, 1.807) is 6.07 Å². The van der Waals surface area contributed by atoms with Crippen molar-refractivity contribution < 1.29 is 9.59 Å². The topological polar surface area (TPSA) is 65.2 Å². The fraction of sp³-hybridized carbons (Fsp3) is 0.143. The Labute approximate surface area is 151 Å². The second-order valence-electron chi connectivity index (χ2n) is 6.34. The predicted molar refractivity (Wildman–Crippen MR) is 102 cm³/mol. The van der Waals surface area contributed by atoms with E-state index in [0.717, 1.165) is 23.1 Å². The number of hydrogen-bond acceptors (Lipinski definition) is 2. The first kappa shape index (κ1) is 16.1. The first-order valence-electron chi connectivity index (χ1n) is 8.57. The van der Waals surface area contributed by atoms with Crippen molar-refractivity contribution in [3.63, 3.8) is 0 Å². The Hall–Kier alpha value is -3.34. The highest BCUT2D eigenvalue weighted by Gasteiger charge is 2.31. The average Bonchev–Trinajstić information content (AvgIpc) is 3.17. The van der Waals surface area contributed by atoms with Gasteiger partial charge in [0.15, 0.2) is 0 Å². The van der Waals surface area contributed by atoms with E-state index >= 15 is 0 Å². The van der Waals surface area contributed by atoms with Crippen molar-refractivity contribution in [2.45, 2.75) is 6.42 Å². The lowest BCUT2D eigenvalue weighted by molar-refractivity contribution is -0.121. The normalized spacial score (nSPS) is 13.3. The zero-order valence-electron chi connectivity index (χ0n) is 14.3. The molecule has 2 aromatic carbocycles. The van der Waals surface area contributed by atoms with Crippen LogP contribution in [-0.2, 0) is 11.2 Å². The first-order valence-corrected chi connectivity index (χ1v) is 8.57. The van der Waals surface area contributed by atoms with E-state index in [0.29, 0.717) is 17.8 Å². The van der Waals surface area contributed by atoms with Crippen LogP contribution in [0.4, 0.5) is 0 Å². The number of fused-ring (bicyclic) bond motifs is 2. The van der Waals surface area contributed by atoms with Crippen LogP contribution in [0, 0.1) is 0 Å². The molecular formula is C21H19N3O2. The molecule has 4 rings (SSSR count). The van der Waals surface area contributed by atoms with Crippen molar-refractivity contribution in [2.24, 2.45) is 0 Å². The summed E-state index contributed by atoms with van der Waals surface area (Å²) in [5.74, 6) is -0.357. The fourth-order valence-electron chi connectivity index (χ4n) is 3.38. The third-order valence-electron chi connectivity index (χ3n) is 4.73. The van der Waals surface area contributed by atoms with Crippen LogP contribution in [-0.4, -0.2) is 34.8 Å². The Morgan fingerprint density at radius 2 is 1.81 bits per heavy atom. The summed E-state index contributed by atoms with van der Waals surface area (Å²) in [6.07, 6.45) is 2.70. The molecule has 2 heterocycles. The highest BCUT2D eigenvalue weighted by atomic mass is 16.2. The number of carbonyl (C=O) groups excluding carboxylic acids is 2. The van der Waals surface area contributed by atoms with Gasteiger partial charge >= 0.3 is 0 Å². The quantitative estimate of drug-likeness (QED) is 0.747. The number of aromatic amines is 1. The van der Waals surface area contributed by atoms with Crippen LogP contribution < -0.4 is 5.32 Å². The Balaban J connectivity index is 1.35. The molecular weight excluding hydrogens is 326 g/mol. The van der Waals surface area contributed by atoms with Gasteiger partial charge in [-0.05, 0) is 24.1 Å². The second-order valence-corrected chi connectivity index (χ2v) is 6.34. The maximum absolute atomic E-state index is 12.4. The number of nitrogens with one attached hydrogen (secondary N) is 2. The van der Waals surface area contributed by atoms with Crippen molar-refractivity contribution in [3.8, 4) is 0 Å². The monoisotopic (exact) mass is 345 g/mol. The number of aromatic nitrogens is 1. The molecule has 2 amide bonds. The molecule has 130 valence electrons. The lowest BCUT2D eigenvalue weighted by Crippen LogP contribution is -2.37. The lowest BCUT2D eigenvalue weighted by atomic mass is 10.1. The van der Waals surface area contributed by atoms with Crippen LogP contribution in [0.1, 0.15) is 21.5 Å². The summed E-state index contributed by atoms with van der Waals surface area (Å²) in [5, 5.41) is 4.06. The zero-order valence-corrected chi connectivity index (χ0v) is 14.3. The minimum Gasteiger partial charge on any atom is -0.361 e. The van der Waals surface area contributed by atoms with Gasteiger partial charge in [-0.25, -0.2) is 0 Å². The first-order chi connectivity index (χ1) is 12.6. The average molecular weight is 345 g/mol. The summed E-state index contributed by atoms with van der Waals surface area (Å²) in [6, 6.07) is 15.4. The second kappa shape index (κ2) is 6.52. The van der Waals surface area contributed by atoms with Gasteiger partial charge in [-0.1, -0.05) is 43.0 Å². The van der Waals surface area contributed by atoms with Crippen molar-refractivity contribution >= 4 is 28.4 Å². The Kier molecular flexibility index (Phi) is 4.05. The Morgan fingerprint density at radius 3 is 2.62 bits per heavy atom. The van der Waals surface area contributed by atoms with Crippen LogP contribution in [0.15, 0.2) is 61.3 Å². The van der Waals surface area contributed by atoms with Gasteiger partial charge in [0, 0.05) is 40.5 Å². The van der Waals surface area contributed by atoms with Gasteiger partial charge in [-0.15, -0.1) is 0 Å². The van der Waals surface area contributed by atoms with Crippen LogP contribution in [0.2, 0.25) is 0 Å². The van der Waals surface area contributed by atoms with Gasteiger partial charge in [0.2, 0.25) is 5.91 Å². The molecule has 1 aromatic heterocycles. The van der Waals surface area contributed by atoms with E-state index in [4.69, 9.17) is 0 Å². The van der Waals surface area contributed by atoms with E-state index in [1.165, 1.54) is 10.3 Å². The molecule has 0 fully saturated rings. The summed E-state index contributed by atoms with van der Waals surface area (Å²) < 4.78 is 0. The molecule has 0 saturated heterocycles. The van der Waals surface area contributed by atoms with E-state index < -0.39 is 0 Å². The number of hydrogen-bond donors (Lipinski definition) is 2. The summed E-state index contributed by atoms with van der Waals surface area (Å²) in [7, 11) is 0. The van der Waals surface area contributed by atoms with Gasteiger partial charge in [0.1, 0.15) is 6.54 Å². The van der Waals surface area contributed by atoms with Crippen molar-refractivity contribution in [1.29, 1.82) is 0 Å². The van der Waals surface area contributed by atoms with Crippen molar-refractivity contribution in [2.75, 3.05) is 13.1 Å². The standard InChI is InChI=1S/C21H19N3O2/c1-14-16-6-2-3-8-18(16)21(26)24(14)13-20(25)22-11-10-15-12-23-19-9-5-4-7-17(15)19/h2-9,12,23H,1,10-11,13H2,(H,22,25). The number of H-pyrrole nitrogens is 1. The summed E-state index contributed by atoms with van der Waals surface area (Å²) in [5.41, 5.74) is 4.23. The van der Waals surface area contributed by atoms with E-state index in [2.05, 4.69) is 22.9 Å². The van der Waals surface area contributed by atoms with Gasteiger partial charge in [-0.2, -0.15) is 0 Å². The molecule has 3 aromatic rings. The minimum atomic E-state index is -0.188. The number of carbonyl (C=O) groups is 2. The van der Waals surface area contributed by atoms with E-state index in [1.807, 2.05) is 42.6 Å². The third-order valence-corrected chi connectivity index (χ3v) is 4.73. The van der Waals surface area contributed by atoms with Crippen molar-refractivity contribution in [3.05, 3.63) is 78.0 Å². The fourth-order valence-corrected chi connectivity index (χ4v) is 3.38. The highest BCUT2D eigenvalue weighted by Crippen LogP contribution is 2.30. The van der Waals surface area contributed by atoms with E-state index in [9.17, 15) is 9.59 Å². The van der Waals surface area contributed by atoms with Crippen LogP contribution in [0.5, 0.6) is 0 Å². The number of benzene rings is 2. The van der Waals surface area contributed by atoms with E-state index in [-0.39, 0.29) is 18.4 Å². The van der Waals surface area contributed by atoms with Gasteiger partial charge in [0.05, 0.1) is 0 Å². The number of rotatable bonds is 5. The van der Waals surface area contributed by atoms with Gasteiger partial charge in [-0.3, -0.25) is 14.5 Å². The lowest BCUT2D eigenvalue weighted by Gasteiger charge is -2.16. The smallest absolute Gasteiger partial charge is 0.259 e. The summed E-state index contributed by atoms with van der Waals surface area (Å²) in [4.78, 5) is 29.4. The molecule has 0 saturated carbocycles. The minimum absolute atomic E-state index is 0.0137. The van der Waals surface area contributed by atoms with Crippen molar-refractivity contribution in [1.82, 2.24) is 15.2 Å². The third kappa shape index (κ3) is 2.77. The maximum atomic E-state index is 12.4. The molecule has 26 heavy (non-hydrogen) atoms. The Bertz CT molecular complexity index is 984. The van der Waals surface area contributed by atoms with Crippen LogP contribution >= 0.6 is 0 Å². The molecule has 0 radical (unpaired) electrons. The SMILES string of the molecule is C=C1c2ccccc2C(=O)N1CC(=O)NCCc1c[nH]c2ccccc12. The molecule has 0 bridgehead atoms.